The summed E-state index contributed by atoms with van der Waals surface area (Å²) in [4.78, 5) is 10.4. The zero-order valence-electron chi connectivity index (χ0n) is 11.3. The first-order valence-electron chi connectivity index (χ1n) is 6.13. The summed E-state index contributed by atoms with van der Waals surface area (Å²) in [5, 5.41) is 19.2. The molecule has 0 radical (unpaired) electrons. The first kappa shape index (κ1) is 15.4. The Hall–Kier alpha value is -2.03. The average molecular weight is 312 g/mol. The normalized spacial score (nSPS) is 10.8. The Morgan fingerprint density at radius 2 is 2.19 bits per heavy atom. The highest BCUT2D eigenvalue weighted by Gasteiger charge is 2.17. The van der Waals surface area contributed by atoms with Crippen LogP contribution in [0.5, 0.6) is 0 Å². The first-order chi connectivity index (χ1) is 10.1. The van der Waals surface area contributed by atoms with E-state index in [-0.39, 0.29) is 17.3 Å². The summed E-state index contributed by atoms with van der Waals surface area (Å²) in [6.07, 6.45) is 0. The van der Waals surface area contributed by atoms with Crippen LogP contribution < -0.4 is 5.73 Å². The summed E-state index contributed by atoms with van der Waals surface area (Å²) in [5.41, 5.74) is 6.03. The fourth-order valence-corrected chi connectivity index (χ4v) is 2.16. The molecule has 0 saturated heterocycles. The van der Waals surface area contributed by atoms with E-state index in [1.54, 1.807) is 17.7 Å². The fourth-order valence-electron chi connectivity index (χ4n) is 1.93. The lowest BCUT2D eigenvalue weighted by Gasteiger charge is -2.09. The minimum atomic E-state index is -0.505. The van der Waals surface area contributed by atoms with Gasteiger partial charge in [0.2, 0.25) is 0 Å². The van der Waals surface area contributed by atoms with E-state index < -0.39 is 4.92 Å². The van der Waals surface area contributed by atoms with Gasteiger partial charge in [0.1, 0.15) is 5.82 Å². The number of hydrogen-bond donors (Lipinski definition) is 1. The van der Waals surface area contributed by atoms with Crippen molar-refractivity contribution in [1.29, 1.82) is 0 Å². The largest absolute Gasteiger partial charge is 0.383 e. The molecule has 0 aliphatic rings. The molecule has 21 heavy (non-hydrogen) atoms. The average Bonchev–Trinajstić information content (AvgIpc) is 2.87. The van der Waals surface area contributed by atoms with Gasteiger partial charge in [0.05, 0.1) is 18.1 Å². The highest BCUT2D eigenvalue weighted by molar-refractivity contribution is 6.31. The van der Waals surface area contributed by atoms with Crippen LogP contribution in [0.2, 0.25) is 5.02 Å². The van der Waals surface area contributed by atoms with Crippen molar-refractivity contribution in [2.45, 2.75) is 13.1 Å². The lowest BCUT2D eigenvalue weighted by molar-refractivity contribution is -0.384. The summed E-state index contributed by atoms with van der Waals surface area (Å²) in [5.74, 6) is 1.04. The van der Waals surface area contributed by atoms with E-state index in [2.05, 4.69) is 10.2 Å². The van der Waals surface area contributed by atoms with Gasteiger partial charge in [-0.1, -0.05) is 11.6 Å². The number of nitrogens with two attached hydrogens (primary N) is 1. The van der Waals surface area contributed by atoms with E-state index in [0.29, 0.717) is 30.4 Å². The second-order valence-electron chi connectivity index (χ2n) is 4.24. The number of hydrogen-bond acceptors (Lipinski definition) is 6. The van der Waals surface area contributed by atoms with Crippen LogP contribution in [-0.4, -0.2) is 33.4 Å². The van der Waals surface area contributed by atoms with Gasteiger partial charge < -0.3 is 15.0 Å². The molecule has 1 aromatic heterocycles. The van der Waals surface area contributed by atoms with Crippen molar-refractivity contribution in [2.75, 3.05) is 13.7 Å². The van der Waals surface area contributed by atoms with E-state index >= 15 is 0 Å². The van der Waals surface area contributed by atoms with Gasteiger partial charge in [0.15, 0.2) is 5.82 Å². The maximum Gasteiger partial charge on any atom is 0.271 e. The number of benzene rings is 1. The second-order valence-corrected chi connectivity index (χ2v) is 4.68. The van der Waals surface area contributed by atoms with Gasteiger partial charge in [-0.2, -0.15) is 0 Å². The van der Waals surface area contributed by atoms with Crippen molar-refractivity contribution in [3.8, 4) is 11.4 Å². The third-order valence-corrected chi connectivity index (χ3v) is 3.10. The highest BCUT2D eigenvalue weighted by Crippen LogP contribution is 2.27. The smallest absolute Gasteiger partial charge is 0.271 e. The number of aromatic nitrogens is 3. The molecule has 112 valence electrons. The van der Waals surface area contributed by atoms with E-state index in [4.69, 9.17) is 22.1 Å². The summed E-state index contributed by atoms with van der Waals surface area (Å²) < 4.78 is 6.80. The lowest BCUT2D eigenvalue weighted by Crippen LogP contribution is -2.12. The maximum absolute atomic E-state index is 10.9. The molecule has 0 aliphatic heterocycles. The molecule has 0 spiro atoms. The molecule has 0 saturated carbocycles. The Balaban J connectivity index is 2.50. The van der Waals surface area contributed by atoms with Gasteiger partial charge in [-0.3, -0.25) is 10.1 Å². The Morgan fingerprint density at radius 1 is 1.43 bits per heavy atom. The molecule has 1 aromatic carbocycles. The lowest BCUT2D eigenvalue weighted by atomic mass is 10.2. The summed E-state index contributed by atoms with van der Waals surface area (Å²) in [7, 11) is 1.58. The van der Waals surface area contributed by atoms with Crippen LogP contribution in [0.4, 0.5) is 5.69 Å². The summed E-state index contributed by atoms with van der Waals surface area (Å²) >= 11 is 5.93. The second kappa shape index (κ2) is 6.61. The number of nitro benzene ring substituents is 1. The van der Waals surface area contributed by atoms with E-state index in [9.17, 15) is 10.1 Å². The van der Waals surface area contributed by atoms with Crippen molar-refractivity contribution in [3.05, 3.63) is 39.2 Å². The molecule has 0 aliphatic carbocycles. The molecule has 0 fully saturated rings. The summed E-state index contributed by atoms with van der Waals surface area (Å²) in [6.45, 7) is 1.14. The Morgan fingerprint density at radius 3 is 2.81 bits per heavy atom. The van der Waals surface area contributed by atoms with Gasteiger partial charge in [0.25, 0.3) is 5.69 Å². The molecule has 0 unspecified atom stereocenters. The first-order valence-corrected chi connectivity index (χ1v) is 6.51. The van der Waals surface area contributed by atoms with Gasteiger partial charge in [0, 0.05) is 36.4 Å². The standard InChI is InChI=1S/C12H14ClN5O3/c1-21-3-2-17-11(7-14)15-16-12(17)8-4-9(13)6-10(5-8)18(19)20/h4-6H,2-3,7,14H2,1H3. The predicted octanol–water partition coefficient (Wildman–Crippen LogP) is 1.61. The number of rotatable bonds is 6. The van der Waals surface area contributed by atoms with Crippen LogP contribution in [0.25, 0.3) is 11.4 Å². The molecule has 0 atom stereocenters. The molecule has 8 nitrogen and oxygen atoms in total. The molecule has 2 N–H and O–H groups in total. The SMILES string of the molecule is COCCn1c(CN)nnc1-c1cc(Cl)cc([N+](=O)[O-])c1. The van der Waals surface area contributed by atoms with Crippen molar-refractivity contribution >= 4 is 17.3 Å². The fraction of sp³-hybridized carbons (Fsp3) is 0.333. The maximum atomic E-state index is 10.9. The Kier molecular flexibility index (Phi) is 4.84. The van der Waals surface area contributed by atoms with E-state index in [1.807, 2.05) is 0 Å². The number of methoxy groups -OCH3 is 1. The molecular formula is C12H14ClN5O3. The predicted molar refractivity (Wildman–Crippen MR) is 76.9 cm³/mol. The van der Waals surface area contributed by atoms with Gasteiger partial charge in [-0.05, 0) is 6.07 Å². The zero-order valence-corrected chi connectivity index (χ0v) is 12.1. The van der Waals surface area contributed by atoms with Crippen LogP contribution in [0.15, 0.2) is 18.2 Å². The number of nitro groups is 1. The Labute approximate surface area is 125 Å². The minimum absolute atomic E-state index is 0.104. The molecule has 2 aromatic rings. The van der Waals surface area contributed by atoms with Gasteiger partial charge in [-0.25, -0.2) is 0 Å². The molecule has 0 amide bonds. The minimum Gasteiger partial charge on any atom is -0.383 e. The van der Waals surface area contributed by atoms with Gasteiger partial charge in [-0.15, -0.1) is 10.2 Å². The number of non-ortho nitro benzene ring substituents is 1. The molecular weight excluding hydrogens is 298 g/mol. The van der Waals surface area contributed by atoms with Crippen LogP contribution in [0.3, 0.4) is 0 Å². The van der Waals surface area contributed by atoms with Crippen molar-refractivity contribution < 1.29 is 9.66 Å². The third-order valence-electron chi connectivity index (χ3n) is 2.88. The van der Waals surface area contributed by atoms with Crippen molar-refractivity contribution in [2.24, 2.45) is 5.73 Å². The monoisotopic (exact) mass is 311 g/mol. The van der Waals surface area contributed by atoms with Crippen molar-refractivity contribution in [1.82, 2.24) is 14.8 Å². The van der Waals surface area contributed by atoms with E-state index in [1.165, 1.54) is 12.1 Å². The number of nitrogens with zero attached hydrogens (tertiary/aromatic N) is 4. The highest BCUT2D eigenvalue weighted by atomic mass is 35.5. The molecule has 0 bridgehead atoms. The van der Waals surface area contributed by atoms with Crippen LogP contribution in [-0.2, 0) is 17.8 Å². The van der Waals surface area contributed by atoms with Crippen LogP contribution >= 0.6 is 11.6 Å². The van der Waals surface area contributed by atoms with Gasteiger partial charge >= 0.3 is 0 Å². The third kappa shape index (κ3) is 3.35. The van der Waals surface area contributed by atoms with Crippen molar-refractivity contribution in [3.63, 3.8) is 0 Å². The topological polar surface area (TPSA) is 109 Å². The quantitative estimate of drug-likeness (QED) is 0.641. The molecule has 1 heterocycles. The van der Waals surface area contributed by atoms with Crippen LogP contribution in [0.1, 0.15) is 5.82 Å². The summed E-state index contributed by atoms with van der Waals surface area (Å²) in [6, 6.07) is 4.28. The molecule has 2 rings (SSSR count). The van der Waals surface area contributed by atoms with Crippen LogP contribution in [0, 0.1) is 10.1 Å². The number of ether oxygens (including phenoxy) is 1. The molecule has 9 heteroatoms. The number of halogens is 1. The van der Waals surface area contributed by atoms with E-state index in [0.717, 1.165) is 0 Å². The Bertz CT molecular complexity index is 658. The zero-order chi connectivity index (χ0) is 15.4.